The Bertz CT molecular complexity index is 196. The van der Waals surface area contributed by atoms with Crippen LogP contribution >= 0.6 is 11.6 Å². The highest BCUT2D eigenvalue weighted by Gasteiger charge is 2.47. The van der Waals surface area contributed by atoms with Crippen molar-refractivity contribution in [3.8, 4) is 0 Å². The van der Waals surface area contributed by atoms with Gasteiger partial charge in [0.1, 0.15) is 0 Å². The van der Waals surface area contributed by atoms with E-state index in [1.807, 2.05) is 0 Å². The van der Waals surface area contributed by atoms with E-state index in [2.05, 4.69) is 19.2 Å². The second-order valence-electron chi connectivity index (χ2n) is 5.58. The SMILES string of the molecule is CC1(C)C(Cl)CC1NC1CCCCC1. The van der Waals surface area contributed by atoms with Gasteiger partial charge in [-0.15, -0.1) is 11.6 Å². The normalized spacial score (nSPS) is 37.9. The van der Waals surface area contributed by atoms with Crippen molar-refractivity contribution >= 4 is 11.6 Å². The molecule has 1 N–H and O–H groups in total. The summed E-state index contributed by atoms with van der Waals surface area (Å²) in [4.78, 5) is 0. The first-order valence-corrected chi connectivity index (χ1v) is 6.44. The van der Waals surface area contributed by atoms with Crippen LogP contribution in [-0.2, 0) is 0 Å². The van der Waals surface area contributed by atoms with Crippen molar-refractivity contribution in [3.63, 3.8) is 0 Å². The lowest BCUT2D eigenvalue weighted by Gasteiger charge is -2.51. The number of rotatable bonds is 2. The molecule has 0 aromatic rings. The third-order valence-corrected chi connectivity index (χ3v) is 4.93. The first-order valence-electron chi connectivity index (χ1n) is 6.01. The lowest BCUT2D eigenvalue weighted by atomic mass is 9.66. The maximum Gasteiger partial charge on any atom is 0.0416 e. The van der Waals surface area contributed by atoms with Gasteiger partial charge in [-0.25, -0.2) is 0 Å². The molecular formula is C12H22ClN. The fraction of sp³-hybridized carbons (Fsp3) is 1.00. The predicted molar refractivity (Wildman–Crippen MR) is 61.8 cm³/mol. The highest BCUT2D eigenvalue weighted by atomic mass is 35.5. The molecule has 2 heteroatoms. The molecule has 0 aromatic carbocycles. The molecule has 0 heterocycles. The average molecular weight is 216 g/mol. The van der Waals surface area contributed by atoms with E-state index in [0.29, 0.717) is 16.8 Å². The summed E-state index contributed by atoms with van der Waals surface area (Å²) in [7, 11) is 0. The van der Waals surface area contributed by atoms with Crippen molar-refractivity contribution in [3.05, 3.63) is 0 Å². The maximum atomic E-state index is 6.21. The van der Waals surface area contributed by atoms with Gasteiger partial charge in [-0.1, -0.05) is 33.1 Å². The van der Waals surface area contributed by atoms with Gasteiger partial charge in [0.05, 0.1) is 0 Å². The van der Waals surface area contributed by atoms with E-state index >= 15 is 0 Å². The second kappa shape index (κ2) is 4.02. The van der Waals surface area contributed by atoms with Gasteiger partial charge in [0.15, 0.2) is 0 Å². The maximum absolute atomic E-state index is 6.21. The van der Waals surface area contributed by atoms with Gasteiger partial charge in [-0.2, -0.15) is 0 Å². The van der Waals surface area contributed by atoms with Gasteiger partial charge in [0, 0.05) is 17.5 Å². The molecule has 14 heavy (non-hydrogen) atoms. The number of nitrogens with one attached hydrogen (secondary N) is 1. The van der Waals surface area contributed by atoms with E-state index in [9.17, 15) is 0 Å². The summed E-state index contributed by atoms with van der Waals surface area (Å²) in [5.74, 6) is 0. The van der Waals surface area contributed by atoms with Gasteiger partial charge in [-0.05, 0) is 24.7 Å². The molecule has 0 aromatic heterocycles. The Hall–Kier alpha value is 0.250. The highest BCUT2D eigenvalue weighted by molar-refractivity contribution is 6.21. The summed E-state index contributed by atoms with van der Waals surface area (Å²) in [6, 6.07) is 1.44. The molecule has 0 spiro atoms. The molecular weight excluding hydrogens is 194 g/mol. The van der Waals surface area contributed by atoms with E-state index in [1.165, 1.54) is 32.1 Å². The molecule has 82 valence electrons. The minimum Gasteiger partial charge on any atom is -0.311 e. The molecule has 2 fully saturated rings. The van der Waals surface area contributed by atoms with E-state index < -0.39 is 0 Å². The van der Waals surface area contributed by atoms with Crippen molar-refractivity contribution in [1.29, 1.82) is 0 Å². The zero-order chi connectivity index (χ0) is 10.2. The first-order chi connectivity index (χ1) is 6.60. The minimum absolute atomic E-state index is 0.305. The molecule has 2 unspecified atom stereocenters. The Morgan fingerprint density at radius 2 is 1.79 bits per heavy atom. The van der Waals surface area contributed by atoms with Crippen LogP contribution < -0.4 is 5.32 Å². The van der Waals surface area contributed by atoms with Crippen LogP contribution in [0.1, 0.15) is 52.4 Å². The van der Waals surface area contributed by atoms with Crippen LogP contribution in [0.25, 0.3) is 0 Å². The van der Waals surface area contributed by atoms with Crippen LogP contribution in [0.2, 0.25) is 0 Å². The summed E-state index contributed by atoms with van der Waals surface area (Å²) in [6.45, 7) is 4.57. The van der Waals surface area contributed by atoms with E-state index in [1.54, 1.807) is 0 Å². The standard InChI is InChI=1S/C12H22ClN/c1-12(2)10(13)8-11(12)14-9-6-4-3-5-7-9/h9-11,14H,3-8H2,1-2H3. The van der Waals surface area contributed by atoms with Crippen LogP contribution in [0.3, 0.4) is 0 Å². The summed E-state index contributed by atoms with van der Waals surface area (Å²) in [6.07, 6.45) is 8.17. The largest absolute Gasteiger partial charge is 0.311 e. The van der Waals surface area contributed by atoms with Gasteiger partial charge in [-0.3, -0.25) is 0 Å². The van der Waals surface area contributed by atoms with Crippen LogP contribution in [0, 0.1) is 5.41 Å². The van der Waals surface area contributed by atoms with Crippen LogP contribution in [0.5, 0.6) is 0 Å². The molecule has 2 rings (SSSR count). The minimum atomic E-state index is 0.305. The van der Waals surface area contributed by atoms with Gasteiger partial charge in [0.25, 0.3) is 0 Å². The van der Waals surface area contributed by atoms with Crippen LogP contribution in [0.15, 0.2) is 0 Å². The lowest BCUT2D eigenvalue weighted by Crippen LogP contribution is -2.60. The zero-order valence-corrected chi connectivity index (χ0v) is 10.1. The molecule has 0 bridgehead atoms. The fourth-order valence-electron chi connectivity index (χ4n) is 2.71. The molecule has 1 nitrogen and oxygen atoms in total. The topological polar surface area (TPSA) is 12.0 Å². The van der Waals surface area contributed by atoms with Crippen LogP contribution in [-0.4, -0.2) is 17.5 Å². The number of alkyl halides is 1. The number of hydrogen-bond acceptors (Lipinski definition) is 1. The van der Waals surface area contributed by atoms with Crippen molar-refractivity contribution < 1.29 is 0 Å². The molecule has 2 aliphatic rings. The Balaban J connectivity index is 1.80. The molecule has 2 aliphatic carbocycles. The van der Waals surface area contributed by atoms with Gasteiger partial charge < -0.3 is 5.32 Å². The molecule has 0 amide bonds. The van der Waals surface area contributed by atoms with Crippen molar-refractivity contribution in [1.82, 2.24) is 5.32 Å². The van der Waals surface area contributed by atoms with E-state index in [0.717, 1.165) is 12.5 Å². The van der Waals surface area contributed by atoms with E-state index in [4.69, 9.17) is 11.6 Å². The molecule has 0 aliphatic heterocycles. The molecule has 0 radical (unpaired) electrons. The Morgan fingerprint density at radius 1 is 1.14 bits per heavy atom. The summed E-state index contributed by atoms with van der Waals surface area (Å²) in [5.41, 5.74) is 0.305. The lowest BCUT2D eigenvalue weighted by molar-refractivity contribution is 0.0984. The van der Waals surface area contributed by atoms with Gasteiger partial charge in [0.2, 0.25) is 0 Å². The molecule has 2 atom stereocenters. The quantitative estimate of drug-likeness (QED) is 0.697. The predicted octanol–water partition coefficient (Wildman–Crippen LogP) is 3.31. The molecule has 2 saturated carbocycles. The smallest absolute Gasteiger partial charge is 0.0416 e. The monoisotopic (exact) mass is 215 g/mol. The third-order valence-electron chi connectivity index (χ3n) is 4.19. The molecule has 0 saturated heterocycles. The third kappa shape index (κ3) is 1.94. The Morgan fingerprint density at radius 3 is 2.29 bits per heavy atom. The van der Waals surface area contributed by atoms with Crippen molar-refractivity contribution in [2.75, 3.05) is 0 Å². The summed E-state index contributed by atoms with van der Waals surface area (Å²) >= 11 is 6.21. The second-order valence-corrected chi connectivity index (χ2v) is 6.11. The number of halogens is 1. The van der Waals surface area contributed by atoms with Crippen molar-refractivity contribution in [2.24, 2.45) is 5.41 Å². The average Bonchev–Trinajstić information content (AvgIpc) is 2.19. The Kier molecular flexibility index (Phi) is 3.09. The first kappa shape index (κ1) is 10.8. The van der Waals surface area contributed by atoms with E-state index in [-0.39, 0.29) is 0 Å². The fourth-order valence-corrected chi connectivity index (χ4v) is 3.04. The van der Waals surface area contributed by atoms with Crippen LogP contribution in [0.4, 0.5) is 0 Å². The zero-order valence-electron chi connectivity index (χ0n) is 9.35. The summed E-state index contributed by atoms with van der Waals surface area (Å²) in [5, 5.41) is 4.17. The Labute approximate surface area is 92.6 Å². The summed E-state index contributed by atoms with van der Waals surface area (Å²) < 4.78 is 0. The van der Waals surface area contributed by atoms with Gasteiger partial charge >= 0.3 is 0 Å². The highest BCUT2D eigenvalue weighted by Crippen LogP contribution is 2.44. The number of hydrogen-bond donors (Lipinski definition) is 1. The van der Waals surface area contributed by atoms with Crippen molar-refractivity contribution in [2.45, 2.75) is 69.8 Å².